The summed E-state index contributed by atoms with van der Waals surface area (Å²) in [5.41, 5.74) is 5.70. The Labute approximate surface area is 186 Å². The molecule has 0 spiro atoms. The molecule has 0 saturated carbocycles. The molecule has 162 valence electrons. The quantitative estimate of drug-likeness (QED) is 0.534. The lowest BCUT2D eigenvalue weighted by atomic mass is 9.99. The van der Waals surface area contributed by atoms with Gasteiger partial charge in [0.25, 0.3) is 5.91 Å². The topological polar surface area (TPSA) is 84.2 Å². The van der Waals surface area contributed by atoms with Crippen LogP contribution in [0.3, 0.4) is 0 Å². The predicted octanol–water partition coefficient (Wildman–Crippen LogP) is 5.14. The third-order valence-corrected chi connectivity index (χ3v) is 5.43. The summed E-state index contributed by atoms with van der Waals surface area (Å²) in [6, 6.07) is 13.8. The summed E-state index contributed by atoms with van der Waals surface area (Å²) in [5, 5.41) is 16.7. The van der Waals surface area contributed by atoms with Gasteiger partial charge < -0.3 is 10.4 Å². The van der Waals surface area contributed by atoms with Crippen molar-refractivity contribution in [1.82, 2.24) is 15.1 Å². The molecule has 0 aliphatic rings. The second-order valence-electron chi connectivity index (χ2n) is 7.84. The molecule has 0 saturated heterocycles. The molecule has 0 unspecified atom stereocenters. The average molecular weight is 440 g/mol. The summed E-state index contributed by atoms with van der Waals surface area (Å²) in [6.07, 6.45) is -0.148. The van der Waals surface area contributed by atoms with E-state index in [2.05, 4.69) is 36.4 Å². The van der Waals surface area contributed by atoms with Gasteiger partial charge in [-0.05, 0) is 49.1 Å². The van der Waals surface area contributed by atoms with Crippen molar-refractivity contribution in [3.8, 4) is 16.9 Å². The molecule has 1 amide bonds. The minimum Gasteiger partial charge on any atom is -0.481 e. The Balaban J connectivity index is 2.11. The van der Waals surface area contributed by atoms with Crippen molar-refractivity contribution in [2.45, 2.75) is 40.0 Å². The highest BCUT2D eigenvalue weighted by atomic mass is 35.5. The maximum Gasteiger partial charge on any atom is 0.305 e. The SMILES string of the molecule is Cc1cc(Cl)ccc1-n1nc(C(=O)NCCC(=O)O)c(C)c1-c1ccc(C(C)C)cc1. The van der Waals surface area contributed by atoms with Gasteiger partial charge in [0.05, 0.1) is 17.8 Å². The number of aliphatic carboxylic acids is 1. The van der Waals surface area contributed by atoms with E-state index in [4.69, 9.17) is 16.7 Å². The largest absolute Gasteiger partial charge is 0.481 e. The summed E-state index contributed by atoms with van der Waals surface area (Å²) in [4.78, 5) is 23.5. The predicted molar refractivity (Wildman–Crippen MR) is 122 cm³/mol. The maximum atomic E-state index is 12.8. The number of carbonyl (C=O) groups is 2. The lowest BCUT2D eigenvalue weighted by molar-refractivity contribution is -0.136. The molecular formula is C24H26ClN3O3. The summed E-state index contributed by atoms with van der Waals surface area (Å²) in [7, 11) is 0. The number of benzene rings is 2. The first-order valence-electron chi connectivity index (χ1n) is 10.2. The Hall–Kier alpha value is -3.12. The van der Waals surface area contributed by atoms with Crippen LogP contribution in [0.25, 0.3) is 16.9 Å². The summed E-state index contributed by atoms with van der Waals surface area (Å²) < 4.78 is 1.76. The monoisotopic (exact) mass is 439 g/mol. The van der Waals surface area contributed by atoms with Crippen molar-refractivity contribution in [1.29, 1.82) is 0 Å². The molecule has 1 heterocycles. The molecule has 3 rings (SSSR count). The molecular weight excluding hydrogens is 414 g/mol. The highest BCUT2D eigenvalue weighted by Crippen LogP contribution is 2.31. The highest BCUT2D eigenvalue weighted by molar-refractivity contribution is 6.30. The van der Waals surface area contributed by atoms with Gasteiger partial charge in [0.2, 0.25) is 0 Å². The zero-order valence-corrected chi connectivity index (χ0v) is 18.8. The molecule has 1 aromatic heterocycles. The van der Waals surface area contributed by atoms with Gasteiger partial charge in [-0.15, -0.1) is 0 Å². The number of halogens is 1. The molecule has 0 radical (unpaired) electrons. The Morgan fingerprint density at radius 3 is 2.39 bits per heavy atom. The minimum atomic E-state index is -0.967. The lowest BCUT2D eigenvalue weighted by Gasteiger charge is -2.13. The van der Waals surface area contributed by atoms with Crippen LogP contribution in [-0.4, -0.2) is 33.3 Å². The van der Waals surface area contributed by atoms with Crippen molar-refractivity contribution in [2.24, 2.45) is 0 Å². The van der Waals surface area contributed by atoms with E-state index >= 15 is 0 Å². The molecule has 6 nitrogen and oxygen atoms in total. The molecule has 0 aliphatic carbocycles. The fraction of sp³-hybridized carbons (Fsp3) is 0.292. The van der Waals surface area contributed by atoms with Crippen LogP contribution < -0.4 is 5.32 Å². The number of carboxylic acid groups (broad SMARTS) is 1. The number of nitrogens with zero attached hydrogens (tertiary/aromatic N) is 2. The summed E-state index contributed by atoms with van der Waals surface area (Å²) in [5.74, 6) is -0.955. The number of aryl methyl sites for hydroxylation is 1. The average Bonchev–Trinajstić information content (AvgIpc) is 3.04. The lowest BCUT2D eigenvalue weighted by Crippen LogP contribution is -2.27. The van der Waals surface area contributed by atoms with Crippen molar-refractivity contribution in [3.63, 3.8) is 0 Å². The standard InChI is InChI=1S/C24H26ClN3O3/c1-14(2)17-5-7-18(8-6-17)23-16(4)22(24(31)26-12-11-21(29)30)27-28(23)20-10-9-19(25)13-15(20)3/h5-10,13-14H,11-12H2,1-4H3,(H,26,31)(H,29,30). The van der Waals surface area contributed by atoms with E-state index in [-0.39, 0.29) is 18.7 Å². The molecule has 0 aliphatic heterocycles. The third-order valence-electron chi connectivity index (χ3n) is 5.20. The second kappa shape index (κ2) is 9.35. The minimum absolute atomic E-state index is 0.0405. The van der Waals surface area contributed by atoms with Crippen LogP contribution in [0.5, 0.6) is 0 Å². The summed E-state index contributed by atoms with van der Waals surface area (Å²) in [6.45, 7) is 8.12. The number of hydrogen-bond donors (Lipinski definition) is 2. The van der Waals surface area contributed by atoms with Crippen LogP contribution in [0, 0.1) is 13.8 Å². The van der Waals surface area contributed by atoms with Crippen LogP contribution in [0.4, 0.5) is 0 Å². The van der Waals surface area contributed by atoms with Gasteiger partial charge in [-0.1, -0.05) is 49.7 Å². The first-order chi connectivity index (χ1) is 14.7. The van der Waals surface area contributed by atoms with Gasteiger partial charge in [0.15, 0.2) is 5.69 Å². The van der Waals surface area contributed by atoms with E-state index < -0.39 is 11.9 Å². The van der Waals surface area contributed by atoms with Crippen molar-refractivity contribution < 1.29 is 14.7 Å². The van der Waals surface area contributed by atoms with E-state index in [0.717, 1.165) is 28.1 Å². The normalized spacial score (nSPS) is 11.0. The van der Waals surface area contributed by atoms with Crippen LogP contribution in [0.2, 0.25) is 5.02 Å². The fourth-order valence-electron chi connectivity index (χ4n) is 3.47. The number of carbonyl (C=O) groups excluding carboxylic acids is 1. The van der Waals surface area contributed by atoms with E-state index in [0.29, 0.717) is 10.9 Å². The van der Waals surface area contributed by atoms with Crippen LogP contribution >= 0.6 is 11.6 Å². The third kappa shape index (κ3) is 4.97. The van der Waals surface area contributed by atoms with Crippen LogP contribution in [-0.2, 0) is 4.79 Å². The van der Waals surface area contributed by atoms with Crippen molar-refractivity contribution in [3.05, 3.63) is 69.9 Å². The van der Waals surface area contributed by atoms with Crippen LogP contribution in [0.15, 0.2) is 42.5 Å². The zero-order valence-electron chi connectivity index (χ0n) is 18.1. The Morgan fingerprint density at radius 2 is 1.81 bits per heavy atom. The molecule has 0 atom stereocenters. The van der Waals surface area contributed by atoms with Gasteiger partial charge in [-0.3, -0.25) is 9.59 Å². The summed E-state index contributed by atoms with van der Waals surface area (Å²) >= 11 is 6.14. The molecule has 7 heteroatoms. The van der Waals surface area contributed by atoms with Gasteiger partial charge >= 0.3 is 5.97 Å². The Morgan fingerprint density at radius 1 is 1.13 bits per heavy atom. The molecule has 2 aromatic carbocycles. The van der Waals surface area contributed by atoms with Crippen LogP contribution in [0.1, 0.15) is 53.4 Å². The van der Waals surface area contributed by atoms with E-state index in [1.807, 2.05) is 38.1 Å². The number of nitrogens with one attached hydrogen (secondary N) is 1. The molecule has 2 N–H and O–H groups in total. The van der Waals surface area contributed by atoms with Gasteiger partial charge in [0, 0.05) is 22.7 Å². The molecule has 31 heavy (non-hydrogen) atoms. The first kappa shape index (κ1) is 22.6. The number of amides is 1. The Kier molecular flexibility index (Phi) is 6.81. The maximum absolute atomic E-state index is 12.8. The fourth-order valence-corrected chi connectivity index (χ4v) is 3.70. The van der Waals surface area contributed by atoms with Gasteiger partial charge in [-0.2, -0.15) is 5.10 Å². The Bertz CT molecular complexity index is 1120. The zero-order chi connectivity index (χ0) is 22.7. The van der Waals surface area contributed by atoms with Crippen molar-refractivity contribution >= 4 is 23.5 Å². The number of rotatable bonds is 7. The molecule has 0 fully saturated rings. The molecule has 3 aromatic rings. The van der Waals surface area contributed by atoms with Gasteiger partial charge in [0.1, 0.15) is 0 Å². The van der Waals surface area contributed by atoms with E-state index in [1.54, 1.807) is 10.7 Å². The second-order valence-corrected chi connectivity index (χ2v) is 8.28. The number of carboxylic acids is 1. The first-order valence-corrected chi connectivity index (χ1v) is 10.5. The van der Waals surface area contributed by atoms with Crippen molar-refractivity contribution in [2.75, 3.05) is 6.54 Å². The van der Waals surface area contributed by atoms with Gasteiger partial charge in [-0.25, -0.2) is 4.68 Å². The number of hydrogen-bond acceptors (Lipinski definition) is 3. The smallest absolute Gasteiger partial charge is 0.305 e. The van der Waals surface area contributed by atoms with E-state index in [9.17, 15) is 9.59 Å². The number of aromatic nitrogens is 2. The van der Waals surface area contributed by atoms with E-state index in [1.165, 1.54) is 5.56 Å². The molecule has 0 bridgehead atoms. The highest BCUT2D eigenvalue weighted by Gasteiger charge is 2.23.